The van der Waals surface area contributed by atoms with Gasteiger partial charge in [-0.05, 0) is 48.2 Å². The van der Waals surface area contributed by atoms with E-state index in [2.05, 4.69) is 0 Å². The highest BCUT2D eigenvalue weighted by molar-refractivity contribution is 6.02. The molecule has 3 aromatic rings. The summed E-state index contributed by atoms with van der Waals surface area (Å²) in [7, 11) is 1.60. The number of aromatic hydroxyl groups is 3. The van der Waals surface area contributed by atoms with Crippen LogP contribution in [-0.2, 0) is 12.8 Å². The van der Waals surface area contributed by atoms with Crippen LogP contribution in [0.3, 0.4) is 0 Å². The van der Waals surface area contributed by atoms with Crippen LogP contribution in [0.25, 0.3) is 0 Å². The molecule has 0 radical (unpaired) electrons. The summed E-state index contributed by atoms with van der Waals surface area (Å²) < 4.78 is 11.4. The highest BCUT2D eigenvalue weighted by Gasteiger charge is 2.34. The van der Waals surface area contributed by atoms with Gasteiger partial charge in [-0.3, -0.25) is 4.79 Å². The van der Waals surface area contributed by atoms with Crippen LogP contribution < -0.4 is 9.47 Å². The third kappa shape index (κ3) is 4.21. The second-order valence-corrected chi connectivity index (χ2v) is 8.18. The zero-order chi connectivity index (χ0) is 22.8. The summed E-state index contributed by atoms with van der Waals surface area (Å²) >= 11 is 0. The molecule has 32 heavy (non-hydrogen) atoms. The molecule has 3 N–H and O–H groups in total. The number of ether oxygens (including phenoxy) is 2. The Morgan fingerprint density at radius 1 is 1.03 bits per heavy atom. The number of carbonyl (C=O) groups excluding carboxylic acids is 1. The Hall–Kier alpha value is -3.67. The molecule has 3 aromatic carbocycles. The average Bonchev–Trinajstić information content (AvgIpc) is 2.79. The van der Waals surface area contributed by atoms with Gasteiger partial charge in [0.1, 0.15) is 40.4 Å². The van der Waals surface area contributed by atoms with Crippen LogP contribution in [0.1, 0.15) is 46.5 Å². The Bertz CT molecular complexity index is 1120. The zero-order valence-electron chi connectivity index (χ0n) is 18.0. The van der Waals surface area contributed by atoms with Gasteiger partial charge >= 0.3 is 0 Å². The van der Waals surface area contributed by atoms with Crippen LogP contribution in [-0.4, -0.2) is 28.2 Å². The molecule has 0 fully saturated rings. The summed E-state index contributed by atoms with van der Waals surface area (Å²) in [6, 6.07) is 15.4. The zero-order valence-corrected chi connectivity index (χ0v) is 18.0. The van der Waals surface area contributed by atoms with Crippen LogP contribution in [0.5, 0.6) is 28.7 Å². The largest absolute Gasteiger partial charge is 0.508 e. The van der Waals surface area contributed by atoms with Crippen molar-refractivity contribution in [2.75, 3.05) is 7.11 Å². The monoisotopic (exact) mass is 434 g/mol. The van der Waals surface area contributed by atoms with E-state index in [4.69, 9.17) is 9.47 Å². The number of ketones is 1. The van der Waals surface area contributed by atoms with Crippen molar-refractivity contribution in [2.45, 2.75) is 32.3 Å². The molecule has 2 atom stereocenters. The highest BCUT2D eigenvalue weighted by Crippen LogP contribution is 2.47. The molecule has 1 aliphatic rings. The molecule has 1 aliphatic heterocycles. The topological polar surface area (TPSA) is 96.2 Å². The van der Waals surface area contributed by atoms with Crippen molar-refractivity contribution < 1.29 is 29.6 Å². The lowest BCUT2D eigenvalue weighted by atomic mass is 9.86. The predicted molar refractivity (Wildman–Crippen MR) is 120 cm³/mol. The normalized spacial score (nSPS) is 17.3. The van der Waals surface area contributed by atoms with Crippen LogP contribution >= 0.6 is 0 Å². The molecular formula is C26H26O6. The lowest BCUT2D eigenvalue weighted by Gasteiger charge is -2.33. The van der Waals surface area contributed by atoms with Crippen molar-refractivity contribution in [2.24, 2.45) is 5.92 Å². The number of carbonyl (C=O) groups is 1. The average molecular weight is 434 g/mol. The molecule has 0 aliphatic carbocycles. The SMILES string of the molecule is COc1ccc(CCC(=O)c2c(O)cc(O)c3c2O[C@@H](c2ccc(O)cc2)[C@@H](C)C3)cc1. The van der Waals surface area contributed by atoms with E-state index in [0.717, 1.165) is 16.9 Å². The van der Waals surface area contributed by atoms with Crippen LogP contribution in [0.15, 0.2) is 54.6 Å². The number of hydrogen-bond acceptors (Lipinski definition) is 6. The van der Waals surface area contributed by atoms with Gasteiger partial charge in [0.25, 0.3) is 0 Å². The summed E-state index contributed by atoms with van der Waals surface area (Å²) in [6.07, 6.45) is 0.791. The lowest BCUT2D eigenvalue weighted by molar-refractivity contribution is 0.0945. The van der Waals surface area contributed by atoms with Gasteiger partial charge < -0.3 is 24.8 Å². The summed E-state index contributed by atoms with van der Waals surface area (Å²) in [5, 5.41) is 30.5. The third-order valence-corrected chi connectivity index (χ3v) is 5.93. The lowest BCUT2D eigenvalue weighted by Crippen LogP contribution is -2.25. The molecule has 0 saturated carbocycles. The molecule has 0 spiro atoms. The van der Waals surface area contributed by atoms with Gasteiger partial charge in [-0.1, -0.05) is 31.2 Å². The molecule has 0 bridgehead atoms. The number of phenols is 3. The van der Waals surface area contributed by atoms with Crippen molar-refractivity contribution in [3.63, 3.8) is 0 Å². The fourth-order valence-corrected chi connectivity index (χ4v) is 4.18. The van der Waals surface area contributed by atoms with Gasteiger partial charge in [0.05, 0.1) is 7.11 Å². The number of methoxy groups -OCH3 is 1. The summed E-state index contributed by atoms with van der Waals surface area (Å²) in [5.74, 6) is 0.521. The van der Waals surface area contributed by atoms with Crippen molar-refractivity contribution in [3.05, 3.63) is 76.9 Å². The minimum absolute atomic E-state index is 0.0183. The second-order valence-electron chi connectivity index (χ2n) is 8.18. The number of fused-ring (bicyclic) bond motifs is 1. The molecule has 0 amide bonds. The van der Waals surface area contributed by atoms with E-state index in [1.807, 2.05) is 31.2 Å². The van der Waals surface area contributed by atoms with Crippen molar-refractivity contribution >= 4 is 5.78 Å². The molecule has 0 unspecified atom stereocenters. The maximum atomic E-state index is 13.1. The fourth-order valence-electron chi connectivity index (χ4n) is 4.18. The highest BCUT2D eigenvalue weighted by atomic mass is 16.5. The summed E-state index contributed by atoms with van der Waals surface area (Å²) in [5.41, 5.74) is 2.45. The molecule has 0 aromatic heterocycles. The molecule has 1 heterocycles. The molecule has 4 rings (SSSR count). The molecule has 0 saturated heterocycles. The van der Waals surface area contributed by atoms with Gasteiger partial charge in [0.15, 0.2) is 5.78 Å². The third-order valence-electron chi connectivity index (χ3n) is 5.93. The molecule has 6 heteroatoms. The Morgan fingerprint density at radius 3 is 2.38 bits per heavy atom. The van der Waals surface area contributed by atoms with E-state index < -0.39 is 0 Å². The quantitative estimate of drug-likeness (QED) is 0.476. The first kappa shape index (κ1) is 21.6. The number of rotatable bonds is 6. The number of Topliss-reactive ketones (excluding diaryl/α,β-unsaturated/α-hetero) is 1. The van der Waals surface area contributed by atoms with E-state index in [1.54, 1.807) is 31.4 Å². The Balaban J connectivity index is 1.62. The summed E-state index contributed by atoms with van der Waals surface area (Å²) in [4.78, 5) is 13.1. The van der Waals surface area contributed by atoms with Crippen molar-refractivity contribution in [1.82, 2.24) is 0 Å². The minimum atomic E-state index is -0.377. The Morgan fingerprint density at radius 2 is 1.72 bits per heavy atom. The maximum absolute atomic E-state index is 13.1. The number of aryl methyl sites for hydroxylation is 1. The van der Waals surface area contributed by atoms with Gasteiger partial charge in [0, 0.05) is 24.0 Å². The van der Waals surface area contributed by atoms with Crippen molar-refractivity contribution in [1.29, 1.82) is 0 Å². The first-order valence-corrected chi connectivity index (χ1v) is 10.6. The molecular weight excluding hydrogens is 408 g/mol. The van der Waals surface area contributed by atoms with Gasteiger partial charge in [-0.2, -0.15) is 0 Å². The predicted octanol–water partition coefficient (Wildman–Crippen LogP) is 4.94. The number of benzene rings is 3. The fraction of sp³-hybridized carbons (Fsp3) is 0.269. The Labute approximate surface area is 186 Å². The first-order valence-electron chi connectivity index (χ1n) is 10.6. The van der Waals surface area contributed by atoms with Gasteiger partial charge in [-0.25, -0.2) is 0 Å². The number of phenolic OH excluding ortho intramolecular Hbond substituents is 3. The smallest absolute Gasteiger partial charge is 0.170 e. The summed E-state index contributed by atoms with van der Waals surface area (Å²) in [6.45, 7) is 2.00. The maximum Gasteiger partial charge on any atom is 0.170 e. The number of hydrogen-bond donors (Lipinski definition) is 3. The first-order chi connectivity index (χ1) is 15.4. The Kier molecular flexibility index (Phi) is 5.95. The van der Waals surface area contributed by atoms with Crippen molar-refractivity contribution in [3.8, 4) is 28.7 Å². The molecule has 166 valence electrons. The van der Waals surface area contributed by atoms with E-state index >= 15 is 0 Å². The van der Waals surface area contributed by atoms with Crippen LogP contribution in [0.2, 0.25) is 0 Å². The van der Waals surface area contributed by atoms with Gasteiger partial charge in [-0.15, -0.1) is 0 Å². The van der Waals surface area contributed by atoms with E-state index in [0.29, 0.717) is 18.4 Å². The van der Waals surface area contributed by atoms with E-state index in [9.17, 15) is 20.1 Å². The van der Waals surface area contributed by atoms with Crippen LogP contribution in [0.4, 0.5) is 0 Å². The standard InChI is InChI=1S/C26H26O6/c1-15-13-20-22(29)14-23(30)24(21(28)12-5-16-3-10-19(31-2)11-4-16)26(20)32-25(15)17-6-8-18(27)9-7-17/h3-4,6-11,14-15,25,27,29-30H,5,12-13H2,1-2H3/t15-,25+/m0/s1. The van der Waals surface area contributed by atoms with Crippen LogP contribution in [0, 0.1) is 5.92 Å². The van der Waals surface area contributed by atoms with E-state index in [1.165, 1.54) is 6.07 Å². The second kappa shape index (κ2) is 8.83. The van der Waals surface area contributed by atoms with Gasteiger partial charge in [0.2, 0.25) is 0 Å². The minimum Gasteiger partial charge on any atom is -0.508 e. The van der Waals surface area contributed by atoms with E-state index in [-0.39, 0.29) is 52.8 Å². The molecule has 6 nitrogen and oxygen atoms in total.